The van der Waals surface area contributed by atoms with Gasteiger partial charge in [0.15, 0.2) is 0 Å². The summed E-state index contributed by atoms with van der Waals surface area (Å²) in [5.74, 6) is 0. The first-order chi connectivity index (χ1) is 8.79. The number of fused-ring (bicyclic) bond motifs is 1. The minimum atomic E-state index is 0.0495. The summed E-state index contributed by atoms with van der Waals surface area (Å²) in [6, 6.07) is 15.7. The molecule has 3 nitrogen and oxygen atoms in total. The molecule has 2 aromatic carbocycles. The molecule has 1 heterocycles. The van der Waals surface area contributed by atoms with Crippen molar-refractivity contribution in [3.05, 3.63) is 58.2 Å². The average molecular weight is 256 g/mol. The molecule has 3 aromatic rings. The van der Waals surface area contributed by atoms with E-state index in [1.807, 2.05) is 55.6 Å². The fraction of sp³-hybridized carbons (Fsp3) is 0.0714. The van der Waals surface area contributed by atoms with Crippen LogP contribution in [0.25, 0.3) is 15.9 Å². The van der Waals surface area contributed by atoms with Crippen molar-refractivity contribution in [1.29, 1.82) is 0 Å². The minimum absolute atomic E-state index is 0.0495. The lowest BCUT2D eigenvalue weighted by Gasteiger charge is -2.05. The first kappa shape index (κ1) is 11.0. The fourth-order valence-corrected chi connectivity index (χ4v) is 2.88. The van der Waals surface area contributed by atoms with Gasteiger partial charge in [0, 0.05) is 12.7 Å². The van der Waals surface area contributed by atoms with Crippen LogP contribution in [0.1, 0.15) is 0 Å². The van der Waals surface area contributed by atoms with Crippen LogP contribution in [0.15, 0.2) is 53.3 Å². The first-order valence-electron chi connectivity index (χ1n) is 5.68. The van der Waals surface area contributed by atoms with E-state index in [-0.39, 0.29) is 4.87 Å². The van der Waals surface area contributed by atoms with Gasteiger partial charge >= 0.3 is 4.87 Å². The number of benzene rings is 2. The first-order valence-corrected chi connectivity index (χ1v) is 6.50. The van der Waals surface area contributed by atoms with E-state index in [2.05, 4.69) is 5.32 Å². The second-order valence-corrected chi connectivity index (χ2v) is 4.96. The Morgan fingerprint density at radius 1 is 1.06 bits per heavy atom. The van der Waals surface area contributed by atoms with Crippen LogP contribution in [-0.4, -0.2) is 11.6 Å². The molecule has 18 heavy (non-hydrogen) atoms. The predicted octanol–water partition coefficient (Wildman–Crippen LogP) is 3.09. The number of para-hydroxylation sites is 1. The van der Waals surface area contributed by atoms with Crippen LogP contribution in [-0.2, 0) is 0 Å². The second kappa shape index (κ2) is 4.31. The highest BCUT2D eigenvalue weighted by Gasteiger charge is 2.08. The average Bonchev–Trinajstić information content (AvgIpc) is 2.75. The van der Waals surface area contributed by atoms with Crippen LogP contribution in [0.2, 0.25) is 0 Å². The van der Waals surface area contributed by atoms with Gasteiger partial charge in [-0.25, -0.2) is 0 Å². The quantitative estimate of drug-likeness (QED) is 0.764. The zero-order valence-corrected chi connectivity index (χ0v) is 10.7. The number of nitrogens with one attached hydrogen (secondary N) is 1. The van der Waals surface area contributed by atoms with Crippen molar-refractivity contribution < 1.29 is 0 Å². The Kier molecular flexibility index (Phi) is 2.64. The van der Waals surface area contributed by atoms with E-state index in [1.165, 1.54) is 11.3 Å². The van der Waals surface area contributed by atoms with Gasteiger partial charge in [0.25, 0.3) is 0 Å². The molecule has 0 atom stereocenters. The zero-order chi connectivity index (χ0) is 12.5. The monoisotopic (exact) mass is 256 g/mol. The third-order valence-electron chi connectivity index (χ3n) is 2.90. The van der Waals surface area contributed by atoms with E-state index in [0.717, 1.165) is 21.6 Å². The Morgan fingerprint density at radius 3 is 2.50 bits per heavy atom. The maximum atomic E-state index is 12.1. The van der Waals surface area contributed by atoms with E-state index < -0.39 is 0 Å². The summed E-state index contributed by atoms with van der Waals surface area (Å²) in [6.07, 6.45) is 0. The van der Waals surface area contributed by atoms with Gasteiger partial charge in [0.1, 0.15) is 0 Å². The van der Waals surface area contributed by atoms with Gasteiger partial charge in [-0.2, -0.15) is 0 Å². The van der Waals surface area contributed by atoms with Crippen LogP contribution in [0, 0.1) is 0 Å². The van der Waals surface area contributed by atoms with Crippen molar-refractivity contribution >= 4 is 27.2 Å². The standard InChI is InChI=1S/C14H12N2OS/c1-15-10-6-8-11(9-7-10)16-12-4-2-3-5-13(12)18-14(16)17/h2-9,15H,1H3. The maximum Gasteiger partial charge on any atom is 0.312 e. The molecule has 0 aliphatic rings. The van der Waals surface area contributed by atoms with Crippen molar-refractivity contribution in [3.8, 4) is 5.69 Å². The van der Waals surface area contributed by atoms with Crippen LogP contribution in [0.4, 0.5) is 5.69 Å². The van der Waals surface area contributed by atoms with Crippen LogP contribution in [0.3, 0.4) is 0 Å². The number of thiazole rings is 1. The summed E-state index contributed by atoms with van der Waals surface area (Å²) in [4.78, 5) is 12.1. The molecule has 0 radical (unpaired) electrons. The van der Waals surface area contributed by atoms with Crippen molar-refractivity contribution in [2.24, 2.45) is 0 Å². The number of nitrogens with zero attached hydrogens (tertiary/aromatic N) is 1. The number of hydrogen-bond acceptors (Lipinski definition) is 3. The lowest BCUT2D eigenvalue weighted by Crippen LogP contribution is -2.09. The SMILES string of the molecule is CNc1ccc(-n2c(=O)sc3ccccc32)cc1. The zero-order valence-electron chi connectivity index (χ0n) is 9.88. The van der Waals surface area contributed by atoms with Gasteiger partial charge < -0.3 is 5.32 Å². The van der Waals surface area contributed by atoms with Crippen molar-refractivity contribution in [3.63, 3.8) is 0 Å². The lowest BCUT2D eigenvalue weighted by atomic mass is 10.2. The van der Waals surface area contributed by atoms with Crippen LogP contribution < -0.4 is 10.2 Å². The molecule has 0 saturated heterocycles. The highest BCUT2D eigenvalue weighted by molar-refractivity contribution is 7.16. The van der Waals surface area contributed by atoms with Crippen molar-refractivity contribution in [2.45, 2.75) is 0 Å². The molecule has 0 fully saturated rings. The summed E-state index contributed by atoms with van der Waals surface area (Å²) >= 11 is 1.28. The third kappa shape index (κ3) is 1.71. The molecule has 0 unspecified atom stereocenters. The van der Waals surface area contributed by atoms with Gasteiger partial charge in [0.05, 0.1) is 15.9 Å². The molecule has 0 amide bonds. The topological polar surface area (TPSA) is 34.0 Å². The summed E-state index contributed by atoms with van der Waals surface area (Å²) in [5, 5.41) is 3.07. The highest BCUT2D eigenvalue weighted by Crippen LogP contribution is 2.21. The molecule has 0 saturated carbocycles. The van der Waals surface area contributed by atoms with Gasteiger partial charge in [-0.3, -0.25) is 9.36 Å². The smallest absolute Gasteiger partial charge is 0.312 e. The van der Waals surface area contributed by atoms with Crippen LogP contribution in [0.5, 0.6) is 0 Å². The Morgan fingerprint density at radius 2 is 1.78 bits per heavy atom. The van der Waals surface area contributed by atoms with Crippen LogP contribution >= 0.6 is 11.3 Å². The summed E-state index contributed by atoms with van der Waals surface area (Å²) < 4.78 is 2.76. The molecule has 3 rings (SSSR count). The van der Waals surface area contributed by atoms with E-state index in [4.69, 9.17) is 0 Å². The van der Waals surface area contributed by atoms with Gasteiger partial charge in [-0.1, -0.05) is 23.5 Å². The van der Waals surface area contributed by atoms with E-state index in [0.29, 0.717) is 0 Å². The number of rotatable bonds is 2. The minimum Gasteiger partial charge on any atom is -0.388 e. The van der Waals surface area contributed by atoms with Crippen molar-refractivity contribution in [2.75, 3.05) is 12.4 Å². The maximum absolute atomic E-state index is 12.1. The summed E-state index contributed by atoms with van der Waals surface area (Å²) in [5.41, 5.74) is 2.90. The molecule has 4 heteroatoms. The van der Waals surface area contributed by atoms with E-state index >= 15 is 0 Å². The van der Waals surface area contributed by atoms with E-state index in [1.54, 1.807) is 4.57 Å². The predicted molar refractivity (Wildman–Crippen MR) is 77.0 cm³/mol. The molecule has 0 bridgehead atoms. The fourth-order valence-electron chi connectivity index (χ4n) is 1.99. The van der Waals surface area contributed by atoms with Gasteiger partial charge in [-0.05, 0) is 36.4 Å². The highest BCUT2D eigenvalue weighted by atomic mass is 32.1. The molecular formula is C14H12N2OS. The summed E-state index contributed by atoms with van der Waals surface area (Å²) in [6.45, 7) is 0. The van der Waals surface area contributed by atoms with E-state index in [9.17, 15) is 4.79 Å². The van der Waals surface area contributed by atoms with Crippen molar-refractivity contribution in [1.82, 2.24) is 4.57 Å². The van der Waals surface area contributed by atoms with Gasteiger partial charge in [-0.15, -0.1) is 0 Å². The molecule has 1 aromatic heterocycles. The Labute approximate surface area is 108 Å². The molecule has 0 spiro atoms. The molecular weight excluding hydrogens is 244 g/mol. The largest absolute Gasteiger partial charge is 0.388 e. The normalized spacial score (nSPS) is 10.7. The lowest BCUT2D eigenvalue weighted by molar-refractivity contribution is 1.09. The third-order valence-corrected chi connectivity index (χ3v) is 3.82. The number of anilines is 1. The molecule has 1 N–H and O–H groups in total. The number of aromatic nitrogens is 1. The molecule has 0 aliphatic heterocycles. The number of hydrogen-bond donors (Lipinski definition) is 1. The Hall–Kier alpha value is -2.07. The molecule has 0 aliphatic carbocycles. The molecule has 90 valence electrons. The second-order valence-electron chi connectivity index (χ2n) is 3.97. The van der Waals surface area contributed by atoms with Gasteiger partial charge in [0.2, 0.25) is 0 Å². The Bertz CT molecular complexity index is 740. The summed E-state index contributed by atoms with van der Waals surface area (Å²) in [7, 11) is 1.88. The Balaban J connectivity index is 2.24.